The van der Waals surface area contributed by atoms with Crippen molar-refractivity contribution in [3.8, 4) is 0 Å². The summed E-state index contributed by atoms with van der Waals surface area (Å²) >= 11 is 0. The van der Waals surface area contributed by atoms with Crippen molar-refractivity contribution >= 4 is 28.6 Å². The fraction of sp³-hybridized carbons (Fsp3) is 0.444. The van der Waals surface area contributed by atoms with Gasteiger partial charge in [-0.15, -0.1) is 0 Å². The summed E-state index contributed by atoms with van der Waals surface area (Å²) in [4.78, 5) is 40.0. The minimum absolute atomic E-state index is 0.0828. The summed E-state index contributed by atoms with van der Waals surface area (Å²) in [5, 5.41) is 13.0. The van der Waals surface area contributed by atoms with Gasteiger partial charge in [-0.1, -0.05) is 18.2 Å². The Bertz CT molecular complexity index is 848. The summed E-state index contributed by atoms with van der Waals surface area (Å²) in [6.45, 7) is 4.48. The Morgan fingerprint density at radius 3 is 2.85 bits per heavy atom. The highest BCUT2D eigenvalue weighted by Crippen LogP contribution is 2.14. The molecule has 0 aliphatic carbocycles. The maximum Gasteiger partial charge on any atom is 0.273 e. The van der Waals surface area contributed by atoms with E-state index in [1.54, 1.807) is 24.9 Å². The smallest absolute Gasteiger partial charge is 0.273 e. The van der Waals surface area contributed by atoms with Crippen LogP contribution in [0.25, 0.3) is 10.9 Å². The zero-order chi connectivity index (χ0) is 19.4. The van der Waals surface area contributed by atoms with E-state index in [2.05, 4.69) is 20.8 Å². The van der Waals surface area contributed by atoms with Crippen LogP contribution in [0.15, 0.2) is 24.3 Å². The predicted octanol–water partition coefficient (Wildman–Crippen LogP) is -0.429. The fourth-order valence-electron chi connectivity index (χ4n) is 2.96. The van der Waals surface area contributed by atoms with Gasteiger partial charge in [-0.25, -0.2) is 0 Å². The van der Waals surface area contributed by atoms with Crippen molar-refractivity contribution in [2.24, 2.45) is 0 Å². The van der Waals surface area contributed by atoms with Crippen molar-refractivity contribution in [2.45, 2.75) is 13.0 Å². The van der Waals surface area contributed by atoms with Crippen LogP contribution >= 0.6 is 0 Å². The van der Waals surface area contributed by atoms with E-state index < -0.39 is 11.9 Å². The van der Waals surface area contributed by atoms with Crippen LogP contribution in [0.3, 0.4) is 0 Å². The van der Waals surface area contributed by atoms with E-state index in [0.717, 1.165) is 12.1 Å². The Hall–Kier alpha value is -2.94. The molecule has 3 N–H and O–H groups in total. The Morgan fingerprint density at radius 2 is 2.07 bits per heavy atom. The Balaban J connectivity index is 1.46. The minimum Gasteiger partial charge on any atom is -0.353 e. The van der Waals surface area contributed by atoms with E-state index >= 15 is 0 Å². The van der Waals surface area contributed by atoms with Crippen molar-refractivity contribution in [1.82, 2.24) is 30.6 Å². The molecule has 1 saturated heterocycles. The number of carbonyl (C=O) groups excluding carboxylic acids is 3. The van der Waals surface area contributed by atoms with Crippen molar-refractivity contribution in [3.05, 3.63) is 30.0 Å². The molecule has 2 heterocycles. The number of benzene rings is 1. The second-order valence-electron chi connectivity index (χ2n) is 6.70. The van der Waals surface area contributed by atoms with Gasteiger partial charge in [-0.05, 0) is 13.0 Å². The van der Waals surface area contributed by atoms with Gasteiger partial charge in [0, 0.05) is 38.6 Å². The highest BCUT2D eigenvalue weighted by Gasteiger charge is 2.22. The average Bonchev–Trinajstić information content (AvgIpc) is 3.08. The van der Waals surface area contributed by atoms with Crippen LogP contribution in [-0.2, 0) is 9.59 Å². The second-order valence-corrected chi connectivity index (χ2v) is 6.70. The molecule has 1 aliphatic heterocycles. The van der Waals surface area contributed by atoms with Crippen LogP contribution in [-0.4, -0.2) is 83.5 Å². The molecule has 1 aromatic carbocycles. The minimum atomic E-state index is -0.693. The number of nitrogens with zero attached hydrogens (tertiary/aromatic N) is 3. The number of nitrogens with one attached hydrogen (secondary N) is 3. The molecule has 0 saturated carbocycles. The number of fused-ring (bicyclic) bond motifs is 1. The molecule has 144 valence electrons. The van der Waals surface area contributed by atoms with Crippen LogP contribution in [0.5, 0.6) is 0 Å². The third-order valence-corrected chi connectivity index (χ3v) is 4.69. The number of hydrogen-bond donors (Lipinski definition) is 3. The first-order valence-corrected chi connectivity index (χ1v) is 8.93. The van der Waals surface area contributed by atoms with Gasteiger partial charge in [0.15, 0.2) is 5.69 Å². The molecule has 1 aromatic heterocycles. The molecule has 1 aliphatic rings. The molecule has 2 aromatic rings. The fourth-order valence-corrected chi connectivity index (χ4v) is 2.96. The normalized spacial score (nSPS) is 16.4. The molecule has 3 amide bonds. The van der Waals surface area contributed by atoms with Gasteiger partial charge >= 0.3 is 0 Å². The van der Waals surface area contributed by atoms with Crippen LogP contribution in [0.1, 0.15) is 17.4 Å². The molecule has 9 nitrogen and oxygen atoms in total. The molecular formula is C18H24N6O3. The van der Waals surface area contributed by atoms with E-state index in [4.69, 9.17) is 0 Å². The van der Waals surface area contributed by atoms with Crippen molar-refractivity contribution in [1.29, 1.82) is 0 Å². The lowest BCUT2D eigenvalue weighted by Gasteiger charge is -2.31. The van der Waals surface area contributed by atoms with E-state index in [1.165, 1.54) is 0 Å². The van der Waals surface area contributed by atoms with Gasteiger partial charge in [0.25, 0.3) is 5.91 Å². The Kier molecular flexibility index (Phi) is 5.70. The molecule has 0 spiro atoms. The first-order valence-electron chi connectivity index (χ1n) is 8.93. The summed E-state index contributed by atoms with van der Waals surface area (Å²) in [5.74, 6) is -0.595. The van der Waals surface area contributed by atoms with Gasteiger partial charge in [0.2, 0.25) is 11.8 Å². The number of piperazine rings is 1. The molecule has 1 fully saturated rings. The standard InChI is InChI=1S/C18H24N6O3/c1-12(17(26)19-7-8-24-10-9-23(2)15(25)11-24)20-18(27)16-13-5-3-4-6-14(13)21-22-16/h3-6,12H,7-11H2,1-2H3,(H,19,26)(H,20,27)(H,21,22). The molecule has 27 heavy (non-hydrogen) atoms. The third kappa shape index (κ3) is 4.43. The van der Waals surface area contributed by atoms with Gasteiger partial charge in [-0.2, -0.15) is 5.10 Å². The number of H-pyrrole nitrogens is 1. The predicted molar refractivity (Wildman–Crippen MR) is 100 cm³/mol. The Labute approximate surface area is 157 Å². The topological polar surface area (TPSA) is 110 Å². The first-order chi connectivity index (χ1) is 13.0. The summed E-state index contributed by atoms with van der Waals surface area (Å²) in [6, 6.07) is 6.62. The third-order valence-electron chi connectivity index (χ3n) is 4.69. The lowest BCUT2D eigenvalue weighted by Crippen LogP contribution is -2.51. The second kappa shape index (κ2) is 8.17. The summed E-state index contributed by atoms with van der Waals surface area (Å²) in [6.07, 6.45) is 0. The number of aromatic amines is 1. The van der Waals surface area contributed by atoms with Gasteiger partial charge in [0.05, 0.1) is 12.1 Å². The van der Waals surface area contributed by atoms with E-state index in [0.29, 0.717) is 31.6 Å². The summed E-state index contributed by atoms with van der Waals surface area (Å²) < 4.78 is 0. The number of aromatic nitrogens is 2. The SMILES string of the molecule is CC(NC(=O)c1n[nH]c2ccccc12)C(=O)NCCN1CCN(C)C(=O)C1. The maximum absolute atomic E-state index is 12.4. The number of likely N-dealkylation sites (N-methyl/N-ethyl adjacent to an activating group) is 1. The van der Waals surface area contributed by atoms with Crippen LogP contribution in [0.4, 0.5) is 0 Å². The molecule has 9 heteroatoms. The monoisotopic (exact) mass is 372 g/mol. The number of para-hydroxylation sites is 1. The molecule has 0 radical (unpaired) electrons. The largest absolute Gasteiger partial charge is 0.353 e. The van der Waals surface area contributed by atoms with Crippen molar-refractivity contribution in [2.75, 3.05) is 39.8 Å². The van der Waals surface area contributed by atoms with E-state index in [9.17, 15) is 14.4 Å². The molecule has 0 bridgehead atoms. The zero-order valence-electron chi connectivity index (χ0n) is 15.5. The zero-order valence-corrected chi connectivity index (χ0v) is 15.5. The lowest BCUT2D eigenvalue weighted by molar-refractivity contribution is -0.134. The van der Waals surface area contributed by atoms with Crippen LogP contribution in [0.2, 0.25) is 0 Å². The van der Waals surface area contributed by atoms with E-state index in [-0.39, 0.29) is 17.5 Å². The van der Waals surface area contributed by atoms with Crippen molar-refractivity contribution in [3.63, 3.8) is 0 Å². The van der Waals surface area contributed by atoms with Crippen molar-refractivity contribution < 1.29 is 14.4 Å². The van der Waals surface area contributed by atoms with Gasteiger partial charge < -0.3 is 15.5 Å². The Morgan fingerprint density at radius 1 is 1.30 bits per heavy atom. The summed E-state index contributed by atoms with van der Waals surface area (Å²) in [5.41, 5.74) is 1.03. The summed E-state index contributed by atoms with van der Waals surface area (Å²) in [7, 11) is 1.79. The van der Waals surface area contributed by atoms with Gasteiger partial charge in [-0.3, -0.25) is 24.4 Å². The number of rotatable bonds is 6. The lowest BCUT2D eigenvalue weighted by atomic mass is 10.2. The van der Waals surface area contributed by atoms with E-state index in [1.807, 2.05) is 23.1 Å². The average molecular weight is 372 g/mol. The number of hydrogen-bond acceptors (Lipinski definition) is 5. The number of carbonyl (C=O) groups is 3. The highest BCUT2D eigenvalue weighted by molar-refractivity contribution is 6.05. The first kappa shape index (κ1) is 18.8. The molecule has 1 atom stereocenters. The molecular weight excluding hydrogens is 348 g/mol. The molecule has 3 rings (SSSR count). The molecule has 1 unspecified atom stereocenters. The van der Waals surface area contributed by atoms with Gasteiger partial charge in [0.1, 0.15) is 6.04 Å². The number of amides is 3. The van der Waals surface area contributed by atoms with Crippen LogP contribution in [0, 0.1) is 0 Å². The quantitative estimate of drug-likeness (QED) is 0.637. The maximum atomic E-state index is 12.4. The highest BCUT2D eigenvalue weighted by atomic mass is 16.2. The van der Waals surface area contributed by atoms with Crippen LogP contribution < -0.4 is 10.6 Å².